The number of ether oxygens (including phenoxy) is 1. The highest BCUT2D eigenvalue weighted by Crippen LogP contribution is 2.15. The van der Waals surface area contributed by atoms with Crippen molar-refractivity contribution in [3.8, 4) is 0 Å². The van der Waals surface area contributed by atoms with Gasteiger partial charge in [0.15, 0.2) is 6.29 Å². The second kappa shape index (κ2) is 6.29. The molecule has 1 heterocycles. The highest BCUT2D eigenvalue weighted by molar-refractivity contribution is 6.76. The van der Waals surface area contributed by atoms with Gasteiger partial charge < -0.3 is 9.30 Å². The molecule has 0 bridgehead atoms. The van der Waals surface area contributed by atoms with Crippen molar-refractivity contribution in [1.29, 1.82) is 0 Å². The normalized spacial score (nSPS) is 12.1. The molecular formula is C13H24N2O2Si. The summed E-state index contributed by atoms with van der Waals surface area (Å²) in [6, 6.07) is 1.13. The largest absolute Gasteiger partial charge is 0.361 e. The van der Waals surface area contributed by atoms with Crippen molar-refractivity contribution < 1.29 is 9.53 Å². The van der Waals surface area contributed by atoms with Crippen LogP contribution in [0.3, 0.4) is 0 Å². The highest BCUT2D eigenvalue weighted by atomic mass is 28.3. The maximum atomic E-state index is 10.9. The van der Waals surface area contributed by atoms with Crippen LogP contribution in [0.2, 0.25) is 25.7 Å². The fraction of sp³-hybridized carbons (Fsp3) is 0.692. The van der Waals surface area contributed by atoms with E-state index in [9.17, 15) is 4.79 Å². The zero-order valence-electron chi connectivity index (χ0n) is 12.1. The summed E-state index contributed by atoms with van der Waals surface area (Å²) in [5.41, 5.74) is 0.590. The van der Waals surface area contributed by atoms with Gasteiger partial charge in [0, 0.05) is 20.6 Å². The second-order valence-corrected chi connectivity index (χ2v) is 11.7. The topological polar surface area (TPSA) is 44.1 Å². The Labute approximate surface area is 110 Å². The minimum absolute atomic E-state index is 0.291. The monoisotopic (exact) mass is 268 g/mol. The number of aldehydes is 1. The van der Waals surface area contributed by atoms with Crippen LogP contribution in [0.1, 0.15) is 36.1 Å². The Kier molecular flexibility index (Phi) is 5.28. The van der Waals surface area contributed by atoms with Gasteiger partial charge in [-0.1, -0.05) is 33.5 Å². The standard InChI is InChI=1S/C13H24N2O2Si/c1-11(2)13-14-8-12(9-16)15(13)10-17-6-7-18(3,4)5/h8-9,11H,6-7,10H2,1-5H3. The summed E-state index contributed by atoms with van der Waals surface area (Å²) in [6.07, 6.45) is 2.45. The van der Waals surface area contributed by atoms with Crippen LogP contribution in [0.25, 0.3) is 0 Å². The predicted molar refractivity (Wildman–Crippen MR) is 75.8 cm³/mol. The number of imidazole rings is 1. The molecule has 1 rings (SSSR count). The zero-order chi connectivity index (χ0) is 13.8. The third-order valence-electron chi connectivity index (χ3n) is 2.77. The SMILES string of the molecule is CC(C)c1ncc(C=O)n1COCC[Si](C)(C)C. The molecule has 5 heteroatoms. The van der Waals surface area contributed by atoms with E-state index >= 15 is 0 Å². The van der Waals surface area contributed by atoms with E-state index in [1.165, 1.54) is 0 Å². The smallest absolute Gasteiger partial charge is 0.168 e. The quantitative estimate of drug-likeness (QED) is 0.433. The Balaban J connectivity index is 2.60. The number of aromatic nitrogens is 2. The van der Waals surface area contributed by atoms with Crippen LogP contribution in [0.15, 0.2) is 6.20 Å². The molecule has 0 amide bonds. The van der Waals surface area contributed by atoms with E-state index in [1.807, 2.05) is 4.57 Å². The lowest BCUT2D eigenvalue weighted by molar-refractivity contribution is 0.0811. The third kappa shape index (κ3) is 4.38. The summed E-state index contributed by atoms with van der Waals surface area (Å²) in [7, 11) is -1.06. The second-order valence-electron chi connectivity index (χ2n) is 6.09. The summed E-state index contributed by atoms with van der Waals surface area (Å²) >= 11 is 0. The third-order valence-corrected chi connectivity index (χ3v) is 4.48. The van der Waals surface area contributed by atoms with Crippen LogP contribution in [0.4, 0.5) is 0 Å². The van der Waals surface area contributed by atoms with Gasteiger partial charge in [0.25, 0.3) is 0 Å². The number of carbonyl (C=O) groups is 1. The van der Waals surface area contributed by atoms with Gasteiger partial charge in [0.2, 0.25) is 0 Å². The number of hydrogen-bond acceptors (Lipinski definition) is 3. The van der Waals surface area contributed by atoms with Crippen molar-refractivity contribution in [2.24, 2.45) is 0 Å². The molecule has 0 spiro atoms. The minimum atomic E-state index is -1.06. The van der Waals surface area contributed by atoms with Crippen LogP contribution in [0, 0.1) is 0 Å². The van der Waals surface area contributed by atoms with Gasteiger partial charge in [-0.15, -0.1) is 0 Å². The number of rotatable bonds is 7. The van der Waals surface area contributed by atoms with Gasteiger partial charge in [-0.05, 0) is 6.04 Å². The van der Waals surface area contributed by atoms with Crippen LogP contribution >= 0.6 is 0 Å². The summed E-state index contributed by atoms with van der Waals surface area (Å²) in [4.78, 5) is 15.2. The first-order valence-corrected chi connectivity index (χ1v) is 10.1. The molecular weight excluding hydrogens is 244 g/mol. The molecule has 0 unspecified atom stereocenters. The zero-order valence-corrected chi connectivity index (χ0v) is 13.1. The highest BCUT2D eigenvalue weighted by Gasteiger charge is 2.14. The van der Waals surface area contributed by atoms with Crippen molar-refractivity contribution >= 4 is 14.4 Å². The van der Waals surface area contributed by atoms with Crippen LogP contribution in [-0.4, -0.2) is 30.5 Å². The number of carbonyl (C=O) groups excluding carboxylic acids is 1. The molecule has 0 N–H and O–H groups in total. The number of hydrogen-bond donors (Lipinski definition) is 0. The summed E-state index contributed by atoms with van der Waals surface area (Å²) in [6.45, 7) is 12.3. The molecule has 18 heavy (non-hydrogen) atoms. The first-order chi connectivity index (χ1) is 8.35. The predicted octanol–water partition coefficient (Wildman–Crippen LogP) is 3.13. The van der Waals surface area contributed by atoms with Crippen molar-refractivity contribution in [2.75, 3.05) is 6.61 Å². The fourth-order valence-corrected chi connectivity index (χ4v) is 2.39. The average molecular weight is 268 g/mol. The van der Waals surface area contributed by atoms with Crippen LogP contribution in [0.5, 0.6) is 0 Å². The molecule has 1 aromatic rings. The van der Waals surface area contributed by atoms with E-state index in [4.69, 9.17) is 4.74 Å². The van der Waals surface area contributed by atoms with Crippen LogP contribution in [-0.2, 0) is 11.5 Å². The van der Waals surface area contributed by atoms with Gasteiger partial charge >= 0.3 is 0 Å². The lowest BCUT2D eigenvalue weighted by Crippen LogP contribution is -2.22. The summed E-state index contributed by atoms with van der Waals surface area (Å²) < 4.78 is 7.55. The lowest BCUT2D eigenvalue weighted by Gasteiger charge is -2.17. The van der Waals surface area contributed by atoms with E-state index in [2.05, 4.69) is 38.5 Å². The maximum Gasteiger partial charge on any atom is 0.168 e. The van der Waals surface area contributed by atoms with Gasteiger partial charge in [0.1, 0.15) is 18.2 Å². The summed E-state index contributed by atoms with van der Waals surface area (Å²) in [5.74, 6) is 1.20. The van der Waals surface area contributed by atoms with E-state index in [0.29, 0.717) is 18.3 Å². The molecule has 1 aromatic heterocycles. The minimum Gasteiger partial charge on any atom is -0.361 e. The first kappa shape index (κ1) is 15.1. The molecule has 0 aliphatic carbocycles. The fourth-order valence-electron chi connectivity index (χ4n) is 1.63. The average Bonchev–Trinajstić information content (AvgIpc) is 2.66. The molecule has 0 aliphatic rings. The van der Waals surface area contributed by atoms with Gasteiger partial charge in [-0.2, -0.15) is 0 Å². The lowest BCUT2D eigenvalue weighted by atomic mass is 10.2. The molecule has 0 radical (unpaired) electrons. The van der Waals surface area contributed by atoms with Gasteiger partial charge in [0.05, 0.1) is 6.20 Å². The Morgan fingerprint density at radius 3 is 2.61 bits per heavy atom. The van der Waals surface area contributed by atoms with E-state index < -0.39 is 8.07 Å². The molecule has 0 aromatic carbocycles. The molecule has 0 fully saturated rings. The Hall–Kier alpha value is -0.943. The maximum absolute atomic E-state index is 10.9. The molecule has 0 aliphatic heterocycles. The van der Waals surface area contributed by atoms with Crippen molar-refractivity contribution in [1.82, 2.24) is 9.55 Å². The van der Waals surface area contributed by atoms with Gasteiger partial charge in [-0.3, -0.25) is 4.79 Å². The molecule has 0 saturated carbocycles. The van der Waals surface area contributed by atoms with Crippen molar-refractivity contribution in [2.45, 2.75) is 52.2 Å². The Morgan fingerprint density at radius 1 is 1.44 bits per heavy atom. The molecule has 0 atom stereocenters. The first-order valence-electron chi connectivity index (χ1n) is 6.43. The van der Waals surface area contributed by atoms with E-state index in [-0.39, 0.29) is 0 Å². The Bertz CT molecular complexity index is 394. The molecule has 4 nitrogen and oxygen atoms in total. The van der Waals surface area contributed by atoms with E-state index in [0.717, 1.165) is 24.8 Å². The van der Waals surface area contributed by atoms with E-state index in [1.54, 1.807) is 6.20 Å². The number of nitrogens with zero attached hydrogens (tertiary/aromatic N) is 2. The molecule has 0 saturated heterocycles. The summed E-state index contributed by atoms with van der Waals surface area (Å²) in [5, 5.41) is 0. The van der Waals surface area contributed by atoms with Crippen LogP contribution < -0.4 is 0 Å². The Morgan fingerprint density at radius 2 is 2.11 bits per heavy atom. The molecule has 102 valence electrons. The van der Waals surface area contributed by atoms with Crippen molar-refractivity contribution in [3.63, 3.8) is 0 Å². The van der Waals surface area contributed by atoms with Gasteiger partial charge in [-0.25, -0.2) is 4.98 Å². The van der Waals surface area contributed by atoms with Crippen molar-refractivity contribution in [3.05, 3.63) is 17.7 Å².